The Morgan fingerprint density at radius 1 is 1.09 bits per heavy atom. The number of aryl methyl sites for hydroxylation is 1. The van der Waals surface area contributed by atoms with Gasteiger partial charge in [-0.15, -0.1) is 0 Å². The first-order valence-electron chi connectivity index (χ1n) is 11.1. The first-order valence-corrected chi connectivity index (χ1v) is 12.6. The zero-order valence-corrected chi connectivity index (χ0v) is 20.4. The molecule has 35 heavy (non-hydrogen) atoms. The summed E-state index contributed by atoms with van der Waals surface area (Å²) in [6, 6.07) is 15.2. The van der Waals surface area contributed by atoms with E-state index in [-0.39, 0.29) is 35.0 Å². The summed E-state index contributed by atoms with van der Waals surface area (Å²) >= 11 is 0. The van der Waals surface area contributed by atoms with Gasteiger partial charge < -0.3 is 19.4 Å². The number of carbonyl (C=O) groups excluding carboxylic acids is 1. The average Bonchev–Trinajstić information content (AvgIpc) is 2.86. The number of nitrogens with zero attached hydrogens (tertiary/aromatic N) is 2. The van der Waals surface area contributed by atoms with Crippen molar-refractivity contribution in [3.05, 3.63) is 87.8 Å². The van der Waals surface area contributed by atoms with Crippen molar-refractivity contribution in [3.8, 4) is 5.75 Å². The molecule has 1 saturated heterocycles. The monoisotopic (exact) mass is 497 g/mol. The van der Waals surface area contributed by atoms with Crippen molar-refractivity contribution in [2.75, 3.05) is 38.7 Å². The zero-order chi connectivity index (χ0) is 25.0. The van der Waals surface area contributed by atoms with Gasteiger partial charge in [0.1, 0.15) is 16.2 Å². The molecule has 1 fully saturated rings. The lowest BCUT2D eigenvalue weighted by atomic mass is 10.1. The van der Waals surface area contributed by atoms with Gasteiger partial charge in [0, 0.05) is 25.0 Å². The molecule has 9 nitrogen and oxygen atoms in total. The summed E-state index contributed by atoms with van der Waals surface area (Å²) in [5, 5.41) is 2.65. The highest BCUT2D eigenvalue weighted by molar-refractivity contribution is 7.89. The van der Waals surface area contributed by atoms with E-state index in [2.05, 4.69) is 5.32 Å². The number of hydrogen-bond acceptors (Lipinski definition) is 6. The summed E-state index contributed by atoms with van der Waals surface area (Å²) in [6.45, 7) is 3.37. The molecular weight excluding hydrogens is 470 g/mol. The maximum atomic E-state index is 13.2. The number of morpholine rings is 1. The minimum absolute atomic E-state index is 0.0476. The Kier molecular flexibility index (Phi) is 7.34. The van der Waals surface area contributed by atoms with Crippen LogP contribution in [0.5, 0.6) is 5.75 Å². The molecule has 10 heteroatoms. The molecule has 2 heterocycles. The Labute approximate surface area is 204 Å². The summed E-state index contributed by atoms with van der Waals surface area (Å²) in [7, 11) is -2.49. The number of pyridine rings is 1. The average molecular weight is 498 g/mol. The molecule has 2 aromatic carbocycles. The number of nitrogens with one attached hydrogen (secondary N) is 1. The largest absolute Gasteiger partial charge is 0.495 e. The maximum Gasteiger partial charge on any atom is 0.263 e. The van der Waals surface area contributed by atoms with Crippen molar-refractivity contribution < 1.29 is 22.7 Å². The number of hydrogen-bond donors (Lipinski definition) is 1. The van der Waals surface area contributed by atoms with Gasteiger partial charge in [-0.3, -0.25) is 9.59 Å². The van der Waals surface area contributed by atoms with Crippen LogP contribution in [0.2, 0.25) is 0 Å². The summed E-state index contributed by atoms with van der Waals surface area (Å²) in [6.07, 6.45) is 1.63. The number of sulfonamides is 1. The van der Waals surface area contributed by atoms with E-state index in [1.54, 1.807) is 12.3 Å². The van der Waals surface area contributed by atoms with Gasteiger partial charge in [-0.05, 0) is 42.8 Å². The number of amides is 1. The summed E-state index contributed by atoms with van der Waals surface area (Å²) < 4.78 is 39.7. The molecule has 0 saturated carbocycles. The van der Waals surface area contributed by atoms with Crippen molar-refractivity contribution in [2.45, 2.75) is 18.4 Å². The van der Waals surface area contributed by atoms with Gasteiger partial charge >= 0.3 is 0 Å². The van der Waals surface area contributed by atoms with Gasteiger partial charge in [-0.1, -0.05) is 29.8 Å². The molecule has 0 atom stereocenters. The lowest BCUT2D eigenvalue weighted by Gasteiger charge is -2.26. The van der Waals surface area contributed by atoms with Crippen molar-refractivity contribution in [3.63, 3.8) is 0 Å². The highest BCUT2D eigenvalue weighted by Crippen LogP contribution is 2.30. The van der Waals surface area contributed by atoms with Crippen LogP contribution in [-0.4, -0.2) is 56.6 Å². The second kappa shape index (κ2) is 10.4. The molecule has 1 amide bonds. The predicted octanol–water partition coefficient (Wildman–Crippen LogP) is 2.49. The molecular formula is C25H27N3O6S. The highest BCUT2D eigenvalue weighted by Gasteiger charge is 2.29. The SMILES string of the molecule is COc1ccc(NC(=O)c2cccn(Cc3cccc(C)c3)c2=O)cc1S(=O)(=O)N1CCOCC1. The Balaban J connectivity index is 1.60. The lowest BCUT2D eigenvalue weighted by Crippen LogP contribution is -2.40. The molecule has 4 rings (SSSR count). The van der Waals surface area contributed by atoms with Crippen molar-refractivity contribution in [2.24, 2.45) is 0 Å². The molecule has 1 aliphatic heterocycles. The first-order chi connectivity index (χ1) is 16.8. The molecule has 1 aliphatic rings. The van der Waals surface area contributed by atoms with Crippen molar-refractivity contribution in [1.29, 1.82) is 0 Å². The summed E-state index contributed by atoms with van der Waals surface area (Å²) in [4.78, 5) is 25.9. The van der Waals surface area contributed by atoms with Crippen LogP contribution in [0.15, 0.2) is 70.5 Å². The smallest absolute Gasteiger partial charge is 0.263 e. The number of methoxy groups -OCH3 is 1. The number of rotatable bonds is 7. The Morgan fingerprint density at radius 2 is 1.86 bits per heavy atom. The second-order valence-electron chi connectivity index (χ2n) is 8.18. The number of ether oxygens (including phenoxy) is 2. The van der Waals surface area contributed by atoms with Crippen LogP contribution in [-0.2, 0) is 21.3 Å². The molecule has 0 aliphatic carbocycles. The van der Waals surface area contributed by atoms with Crippen LogP contribution in [0.4, 0.5) is 5.69 Å². The van der Waals surface area contributed by atoms with E-state index >= 15 is 0 Å². The minimum Gasteiger partial charge on any atom is -0.495 e. The fourth-order valence-corrected chi connectivity index (χ4v) is 5.51. The third-order valence-electron chi connectivity index (χ3n) is 5.71. The van der Waals surface area contributed by atoms with Crippen LogP contribution >= 0.6 is 0 Å². The number of benzene rings is 2. The standard InChI is InChI=1S/C25H27N3O6S/c1-18-5-3-6-19(15-18)17-27-10-4-7-21(25(27)30)24(29)26-20-8-9-22(33-2)23(16-20)35(31,32)28-11-13-34-14-12-28/h3-10,15-16H,11-14,17H2,1-2H3,(H,26,29). The highest BCUT2D eigenvalue weighted by atomic mass is 32.2. The lowest BCUT2D eigenvalue weighted by molar-refractivity contribution is 0.0729. The van der Waals surface area contributed by atoms with E-state index < -0.39 is 21.5 Å². The van der Waals surface area contributed by atoms with E-state index in [4.69, 9.17) is 9.47 Å². The number of anilines is 1. The third kappa shape index (κ3) is 5.45. The second-order valence-corrected chi connectivity index (χ2v) is 10.1. The van der Waals surface area contributed by atoms with E-state index in [1.165, 1.54) is 40.2 Å². The first kappa shape index (κ1) is 24.6. The van der Waals surface area contributed by atoms with Gasteiger partial charge in [-0.25, -0.2) is 8.42 Å². The van der Waals surface area contributed by atoms with Gasteiger partial charge in [-0.2, -0.15) is 4.31 Å². The zero-order valence-electron chi connectivity index (χ0n) is 19.6. The van der Waals surface area contributed by atoms with Gasteiger partial charge in [0.15, 0.2) is 0 Å². The van der Waals surface area contributed by atoms with Gasteiger partial charge in [0.25, 0.3) is 11.5 Å². The van der Waals surface area contributed by atoms with Crippen LogP contribution in [0.3, 0.4) is 0 Å². The van der Waals surface area contributed by atoms with Gasteiger partial charge in [0.2, 0.25) is 10.0 Å². The summed E-state index contributed by atoms with van der Waals surface area (Å²) in [5.41, 5.74) is 1.76. The Bertz CT molecular complexity index is 1390. The topological polar surface area (TPSA) is 107 Å². The Morgan fingerprint density at radius 3 is 2.57 bits per heavy atom. The fraction of sp³-hybridized carbons (Fsp3) is 0.280. The molecule has 0 spiro atoms. The number of carbonyl (C=O) groups is 1. The predicted molar refractivity (Wildman–Crippen MR) is 132 cm³/mol. The van der Waals surface area contributed by atoms with E-state index in [0.29, 0.717) is 19.8 Å². The fourth-order valence-electron chi connectivity index (χ4n) is 3.92. The van der Waals surface area contributed by atoms with E-state index in [0.717, 1.165) is 11.1 Å². The molecule has 184 valence electrons. The van der Waals surface area contributed by atoms with Crippen LogP contribution in [0.1, 0.15) is 21.5 Å². The van der Waals surface area contributed by atoms with Gasteiger partial charge in [0.05, 0.1) is 26.9 Å². The van der Waals surface area contributed by atoms with Crippen LogP contribution < -0.4 is 15.6 Å². The molecule has 0 bridgehead atoms. The van der Waals surface area contributed by atoms with E-state index in [9.17, 15) is 18.0 Å². The van der Waals surface area contributed by atoms with Crippen LogP contribution in [0, 0.1) is 6.92 Å². The molecule has 1 N–H and O–H groups in total. The maximum absolute atomic E-state index is 13.2. The minimum atomic E-state index is -3.87. The summed E-state index contributed by atoms with van der Waals surface area (Å²) in [5.74, 6) is -0.469. The normalized spacial score (nSPS) is 14.5. The third-order valence-corrected chi connectivity index (χ3v) is 7.63. The van der Waals surface area contributed by atoms with Crippen molar-refractivity contribution >= 4 is 21.6 Å². The molecule has 0 unspecified atom stereocenters. The molecule has 0 radical (unpaired) electrons. The van der Waals surface area contributed by atoms with Crippen LogP contribution in [0.25, 0.3) is 0 Å². The molecule has 1 aromatic heterocycles. The molecule has 3 aromatic rings. The number of aromatic nitrogens is 1. The van der Waals surface area contributed by atoms with Crippen molar-refractivity contribution in [1.82, 2.24) is 8.87 Å². The van der Waals surface area contributed by atoms with E-state index in [1.807, 2.05) is 31.2 Å². The quantitative estimate of drug-likeness (QED) is 0.538. The Hall–Kier alpha value is -3.47.